The molecule has 0 aliphatic carbocycles. The lowest BCUT2D eigenvalue weighted by Crippen LogP contribution is -2.32. The minimum absolute atomic E-state index is 0.296. The van der Waals surface area contributed by atoms with E-state index in [2.05, 4.69) is 27.2 Å². The fraction of sp³-hybridized carbons (Fsp3) is 0.500. The van der Waals surface area contributed by atoms with Gasteiger partial charge in [0, 0.05) is 19.0 Å². The first-order valence-electron chi connectivity index (χ1n) is 6.82. The maximum atomic E-state index is 5.75. The molecule has 5 heteroatoms. The Bertz CT molecular complexity index is 554. The Morgan fingerprint density at radius 3 is 3.05 bits per heavy atom. The van der Waals surface area contributed by atoms with E-state index in [4.69, 9.17) is 4.74 Å². The van der Waals surface area contributed by atoms with Crippen molar-refractivity contribution in [3.8, 4) is 0 Å². The van der Waals surface area contributed by atoms with Gasteiger partial charge in [0.1, 0.15) is 11.3 Å². The van der Waals surface area contributed by atoms with Gasteiger partial charge in [0.25, 0.3) is 0 Å². The number of fused-ring (bicyclic) bond motifs is 1. The van der Waals surface area contributed by atoms with E-state index in [1.165, 1.54) is 0 Å². The van der Waals surface area contributed by atoms with Crippen molar-refractivity contribution >= 4 is 17.0 Å². The lowest BCUT2D eigenvalue weighted by Gasteiger charge is -2.23. The zero-order chi connectivity index (χ0) is 13.1. The first-order valence-corrected chi connectivity index (χ1v) is 6.82. The summed E-state index contributed by atoms with van der Waals surface area (Å²) in [6.45, 7) is 3.04. The Morgan fingerprint density at radius 1 is 1.37 bits per heavy atom. The normalized spacial score (nSPS) is 20.6. The third-order valence-corrected chi connectivity index (χ3v) is 3.52. The second-order valence-corrected chi connectivity index (χ2v) is 4.81. The summed E-state index contributed by atoms with van der Waals surface area (Å²) in [7, 11) is 0. The highest BCUT2D eigenvalue weighted by Gasteiger charge is 2.24. The van der Waals surface area contributed by atoms with Crippen molar-refractivity contribution in [2.45, 2.75) is 38.3 Å². The number of aromatic nitrogens is 3. The summed E-state index contributed by atoms with van der Waals surface area (Å²) in [5, 5.41) is 3.46. The molecule has 1 aliphatic rings. The molecule has 2 unspecified atom stereocenters. The molecule has 1 fully saturated rings. The van der Waals surface area contributed by atoms with Crippen LogP contribution >= 0.6 is 0 Å². The van der Waals surface area contributed by atoms with Gasteiger partial charge in [0.2, 0.25) is 0 Å². The predicted octanol–water partition coefficient (Wildman–Crippen LogP) is 2.39. The number of rotatable bonds is 4. The molecule has 1 aliphatic heterocycles. The Balaban J connectivity index is 1.79. The Hall–Kier alpha value is -1.75. The molecule has 2 aromatic heterocycles. The van der Waals surface area contributed by atoms with Crippen LogP contribution in [0, 0.1) is 0 Å². The van der Waals surface area contributed by atoms with E-state index < -0.39 is 0 Å². The van der Waals surface area contributed by atoms with E-state index in [1.54, 1.807) is 12.4 Å². The summed E-state index contributed by atoms with van der Waals surface area (Å²) in [6.07, 6.45) is 6.93. The van der Waals surface area contributed by atoms with Crippen LogP contribution < -0.4 is 5.32 Å². The molecule has 19 heavy (non-hydrogen) atoms. The standard InChI is InChI=1S/C14H18N4O/c1-2-10(12-4-3-9-19-12)17-13-6-5-11-14(18-13)16-8-7-15-11/h5-8,10,12H,2-4,9H2,1H3,(H,16,17,18). The van der Waals surface area contributed by atoms with Gasteiger partial charge < -0.3 is 10.1 Å². The molecule has 2 aromatic rings. The Labute approximate surface area is 112 Å². The topological polar surface area (TPSA) is 59.9 Å². The maximum Gasteiger partial charge on any atom is 0.180 e. The summed E-state index contributed by atoms with van der Waals surface area (Å²) in [6, 6.07) is 4.21. The van der Waals surface area contributed by atoms with Gasteiger partial charge in [0.15, 0.2) is 5.65 Å². The van der Waals surface area contributed by atoms with Crippen LogP contribution in [0.25, 0.3) is 11.2 Å². The molecule has 2 atom stereocenters. The summed E-state index contributed by atoms with van der Waals surface area (Å²) < 4.78 is 5.75. The van der Waals surface area contributed by atoms with Crippen molar-refractivity contribution in [3.63, 3.8) is 0 Å². The average molecular weight is 258 g/mol. The van der Waals surface area contributed by atoms with Crippen LogP contribution in [-0.2, 0) is 4.74 Å². The van der Waals surface area contributed by atoms with Gasteiger partial charge >= 0.3 is 0 Å². The molecule has 3 heterocycles. The van der Waals surface area contributed by atoms with Crippen molar-refractivity contribution in [1.29, 1.82) is 0 Å². The van der Waals surface area contributed by atoms with Gasteiger partial charge in [-0.05, 0) is 31.4 Å². The molecule has 1 saturated heterocycles. The van der Waals surface area contributed by atoms with E-state index in [-0.39, 0.29) is 0 Å². The molecule has 100 valence electrons. The monoisotopic (exact) mass is 258 g/mol. The minimum Gasteiger partial charge on any atom is -0.376 e. The maximum absolute atomic E-state index is 5.75. The van der Waals surface area contributed by atoms with Gasteiger partial charge in [-0.25, -0.2) is 9.97 Å². The number of nitrogens with zero attached hydrogens (tertiary/aromatic N) is 3. The van der Waals surface area contributed by atoms with Crippen molar-refractivity contribution in [2.24, 2.45) is 0 Å². The molecular formula is C14H18N4O. The lowest BCUT2D eigenvalue weighted by molar-refractivity contribution is 0.0942. The molecule has 0 aromatic carbocycles. The van der Waals surface area contributed by atoms with E-state index in [0.717, 1.165) is 37.2 Å². The van der Waals surface area contributed by atoms with Crippen LogP contribution in [-0.4, -0.2) is 33.7 Å². The summed E-state index contributed by atoms with van der Waals surface area (Å²) in [5.74, 6) is 0.843. The Kier molecular flexibility index (Phi) is 3.55. The molecule has 0 spiro atoms. The highest BCUT2D eigenvalue weighted by atomic mass is 16.5. The smallest absolute Gasteiger partial charge is 0.180 e. The number of pyridine rings is 1. The van der Waals surface area contributed by atoms with E-state index in [9.17, 15) is 0 Å². The van der Waals surface area contributed by atoms with Crippen LogP contribution in [0.2, 0.25) is 0 Å². The number of hydrogen-bond donors (Lipinski definition) is 1. The first-order chi connectivity index (χ1) is 9.36. The molecule has 1 N–H and O–H groups in total. The van der Waals surface area contributed by atoms with E-state index in [1.807, 2.05) is 12.1 Å². The van der Waals surface area contributed by atoms with Crippen LogP contribution in [0.1, 0.15) is 26.2 Å². The van der Waals surface area contributed by atoms with Gasteiger partial charge in [-0.2, -0.15) is 0 Å². The summed E-state index contributed by atoms with van der Waals surface area (Å²) in [4.78, 5) is 12.9. The van der Waals surface area contributed by atoms with Crippen molar-refractivity contribution in [1.82, 2.24) is 15.0 Å². The molecule has 3 rings (SSSR count). The zero-order valence-electron chi connectivity index (χ0n) is 11.0. The van der Waals surface area contributed by atoms with Gasteiger partial charge in [0.05, 0.1) is 12.1 Å². The van der Waals surface area contributed by atoms with Crippen molar-refractivity contribution < 1.29 is 4.74 Å². The molecule has 5 nitrogen and oxygen atoms in total. The van der Waals surface area contributed by atoms with Crippen LogP contribution in [0.4, 0.5) is 5.82 Å². The van der Waals surface area contributed by atoms with Gasteiger partial charge in [-0.1, -0.05) is 6.92 Å². The third-order valence-electron chi connectivity index (χ3n) is 3.52. The van der Waals surface area contributed by atoms with Gasteiger partial charge in [-0.15, -0.1) is 0 Å². The Morgan fingerprint density at radius 2 is 2.26 bits per heavy atom. The molecular weight excluding hydrogens is 240 g/mol. The van der Waals surface area contributed by atoms with Gasteiger partial charge in [-0.3, -0.25) is 4.98 Å². The molecule has 0 amide bonds. The minimum atomic E-state index is 0.296. The van der Waals surface area contributed by atoms with Crippen LogP contribution in [0.5, 0.6) is 0 Å². The first kappa shape index (κ1) is 12.3. The van der Waals surface area contributed by atoms with Crippen molar-refractivity contribution in [2.75, 3.05) is 11.9 Å². The number of hydrogen-bond acceptors (Lipinski definition) is 5. The van der Waals surface area contributed by atoms with Crippen LogP contribution in [0.3, 0.4) is 0 Å². The number of ether oxygens (including phenoxy) is 1. The summed E-state index contributed by atoms with van der Waals surface area (Å²) in [5.41, 5.74) is 1.49. The largest absolute Gasteiger partial charge is 0.376 e. The molecule has 0 bridgehead atoms. The molecule has 0 saturated carbocycles. The highest BCUT2D eigenvalue weighted by molar-refractivity contribution is 5.71. The van der Waals surface area contributed by atoms with Crippen molar-refractivity contribution in [3.05, 3.63) is 24.5 Å². The fourth-order valence-electron chi connectivity index (χ4n) is 2.50. The second kappa shape index (κ2) is 5.48. The quantitative estimate of drug-likeness (QED) is 0.912. The third kappa shape index (κ3) is 2.66. The van der Waals surface area contributed by atoms with E-state index >= 15 is 0 Å². The molecule has 0 radical (unpaired) electrons. The average Bonchev–Trinajstić information content (AvgIpc) is 2.98. The fourth-order valence-corrected chi connectivity index (χ4v) is 2.50. The SMILES string of the molecule is CCC(Nc1ccc2nccnc2n1)C1CCCO1. The van der Waals surface area contributed by atoms with Crippen LogP contribution in [0.15, 0.2) is 24.5 Å². The zero-order valence-corrected chi connectivity index (χ0v) is 11.0. The predicted molar refractivity (Wildman–Crippen MR) is 74.0 cm³/mol. The van der Waals surface area contributed by atoms with E-state index in [0.29, 0.717) is 17.8 Å². The highest BCUT2D eigenvalue weighted by Crippen LogP contribution is 2.21. The summed E-state index contributed by atoms with van der Waals surface area (Å²) >= 11 is 0. The lowest BCUT2D eigenvalue weighted by atomic mass is 10.1. The number of anilines is 1. The number of nitrogens with one attached hydrogen (secondary N) is 1. The second-order valence-electron chi connectivity index (χ2n) is 4.81.